The molecule has 0 aliphatic carbocycles. The van der Waals surface area contributed by atoms with E-state index >= 15 is 4.39 Å². The van der Waals surface area contributed by atoms with Crippen LogP contribution in [0.3, 0.4) is 0 Å². The zero-order chi connectivity index (χ0) is 23.8. The number of carbonyl (C=O) groups is 2. The Kier molecular flexibility index (Phi) is 6.89. The number of nitrogens with one attached hydrogen (secondary N) is 2. The van der Waals surface area contributed by atoms with Crippen molar-refractivity contribution < 1.29 is 27.1 Å². The zero-order valence-electron chi connectivity index (χ0n) is 18.5. The number of benzene rings is 1. The quantitative estimate of drug-likeness (QED) is 0.534. The van der Waals surface area contributed by atoms with Crippen LogP contribution in [-0.2, 0) is 15.0 Å². The minimum absolute atomic E-state index is 0.0379. The summed E-state index contributed by atoms with van der Waals surface area (Å²) in [5.74, 6) is -0.264. The highest BCUT2D eigenvalue weighted by Crippen LogP contribution is 2.32. The van der Waals surface area contributed by atoms with Crippen molar-refractivity contribution in [1.82, 2.24) is 13.9 Å². The van der Waals surface area contributed by atoms with Gasteiger partial charge in [0.1, 0.15) is 5.75 Å². The molecule has 182 valence electrons. The average Bonchev–Trinajstić information content (AvgIpc) is 2.78. The molecule has 0 bridgehead atoms. The summed E-state index contributed by atoms with van der Waals surface area (Å²) < 4.78 is 49.2. The number of hydrogen-bond donors (Lipinski definition) is 3. The predicted octanol–water partition coefficient (Wildman–Crippen LogP) is 0.954. The third-order valence-corrected chi connectivity index (χ3v) is 8.52. The normalized spacial score (nSPS) is 27.4. The lowest BCUT2D eigenvalue weighted by Gasteiger charge is -2.43. The summed E-state index contributed by atoms with van der Waals surface area (Å²) in [5.41, 5.74) is 6.57. The molecule has 3 aliphatic rings. The summed E-state index contributed by atoms with van der Waals surface area (Å²) in [6.07, 6.45) is -0.0653. The lowest BCUT2D eigenvalue weighted by molar-refractivity contribution is -0.118. The third-order valence-electron chi connectivity index (χ3n) is 6.44. The number of nitrogens with zero attached hydrogens (tertiary/aromatic N) is 2. The van der Waals surface area contributed by atoms with Crippen LogP contribution >= 0.6 is 0 Å². The largest absolute Gasteiger partial charge is 0.482 e. The Morgan fingerprint density at radius 1 is 1.30 bits per heavy atom. The fourth-order valence-electron chi connectivity index (χ4n) is 4.63. The van der Waals surface area contributed by atoms with E-state index in [1.54, 1.807) is 12.1 Å². The lowest BCUT2D eigenvalue weighted by atomic mass is 9.96. The van der Waals surface area contributed by atoms with Gasteiger partial charge in [0, 0.05) is 43.2 Å². The number of fused-ring (bicyclic) bond motifs is 1. The molecule has 0 unspecified atom stereocenters. The standard InChI is InChI=1S/C21H30FN5O5S/c1-2-16-10-15(11-19(22)27(16)33(30,31)26-7-5-14(23)6-8-26)24-21(29)13-3-4-18-17(9-13)25-20(28)12-32-18/h3-4,9,14-16,19H,2,5-8,10-12,23H2,1H3,(H,24,29)(H,25,28)/t15-,16+,19+/m1/s1. The van der Waals surface area contributed by atoms with Crippen molar-refractivity contribution in [3.05, 3.63) is 23.8 Å². The van der Waals surface area contributed by atoms with E-state index in [0.717, 1.165) is 4.31 Å². The molecule has 4 N–H and O–H groups in total. The SMILES string of the molecule is CC[C@H]1C[C@@H](NC(=O)c2ccc3c(c2)NC(=O)CO3)C[C@@H](F)N1S(=O)(=O)N1CCC(N)CC1. The molecule has 2 fully saturated rings. The molecule has 1 aromatic rings. The highest BCUT2D eigenvalue weighted by atomic mass is 32.2. The van der Waals surface area contributed by atoms with Gasteiger partial charge in [-0.3, -0.25) is 9.59 Å². The predicted molar refractivity (Wildman–Crippen MR) is 120 cm³/mol. The molecule has 10 nitrogen and oxygen atoms in total. The molecule has 0 spiro atoms. The van der Waals surface area contributed by atoms with Gasteiger partial charge in [0.05, 0.1) is 5.69 Å². The molecule has 3 heterocycles. The molecule has 3 atom stereocenters. The van der Waals surface area contributed by atoms with Crippen LogP contribution in [0.4, 0.5) is 10.1 Å². The van der Waals surface area contributed by atoms with Crippen LogP contribution in [0.2, 0.25) is 0 Å². The molecule has 12 heteroatoms. The number of hydrogen-bond acceptors (Lipinski definition) is 6. The molecule has 1 aromatic carbocycles. The molecular weight excluding hydrogens is 453 g/mol. The first-order valence-electron chi connectivity index (χ1n) is 11.2. The van der Waals surface area contributed by atoms with Crippen molar-refractivity contribution >= 4 is 27.7 Å². The number of anilines is 1. The van der Waals surface area contributed by atoms with Gasteiger partial charge in [-0.2, -0.15) is 17.0 Å². The van der Waals surface area contributed by atoms with Crippen LogP contribution in [0.15, 0.2) is 18.2 Å². The van der Waals surface area contributed by atoms with Crippen molar-refractivity contribution in [1.29, 1.82) is 0 Å². The number of alkyl halides is 1. The fourth-order valence-corrected chi connectivity index (χ4v) is 6.55. The van der Waals surface area contributed by atoms with Gasteiger partial charge in [-0.25, -0.2) is 4.39 Å². The van der Waals surface area contributed by atoms with Gasteiger partial charge in [-0.1, -0.05) is 6.92 Å². The fraction of sp³-hybridized carbons (Fsp3) is 0.619. The molecule has 0 radical (unpaired) electrons. The molecule has 0 saturated carbocycles. The lowest BCUT2D eigenvalue weighted by Crippen LogP contribution is -2.59. The van der Waals surface area contributed by atoms with Gasteiger partial charge >= 0.3 is 0 Å². The molecule has 33 heavy (non-hydrogen) atoms. The van der Waals surface area contributed by atoms with Gasteiger partial charge in [0.15, 0.2) is 12.9 Å². The van der Waals surface area contributed by atoms with Gasteiger partial charge in [-0.15, -0.1) is 0 Å². The van der Waals surface area contributed by atoms with Crippen molar-refractivity contribution in [2.24, 2.45) is 5.73 Å². The maximum Gasteiger partial charge on any atom is 0.284 e. The molecule has 4 rings (SSSR count). The highest BCUT2D eigenvalue weighted by Gasteiger charge is 2.45. The van der Waals surface area contributed by atoms with Crippen molar-refractivity contribution in [2.75, 3.05) is 25.0 Å². The van der Waals surface area contributed by atoms with E-state index in [0.29, 0.717) is 42.7 Å². The van der Waals surface area contributed by atoms with Gasteiger partial charge in [-0.05, 0) is 43.9 Å². The Morgan fingerprint density at radius 3 is 2.73 bits per heavy atom. The average molecular weight is 484 g/mol. The summed E-state index contributed by atoms with van der Waals surface area (Å²) in [7, 11) is -3.97. The smallest absolute Gasteiger partial charge is 0.284 e. The number of nitrogens with two attached hydrogens (primary N) is 1. The number of piperidine rings is 2. The van der Waals surface area contributed by atoms with Crippen molar-refractivity contribution in [3.8, 4) is 5.75 Å². The molecule has 0 aromatic heterocycles. The van der Waals surface area contributed by atoms with E-state index in [1.165, 1.54) is 10.4 Å². The van der Waals surface area contributed by atoms with Crippen molar-refractivity contribution in [2.45, 2.75) is 63.4 Å². The van der Waals surface area contributed by atoms with Gasteiger partial charge in [0.2, 0.25) is 0 Å². The van der Waals surface area contributed by atoms with Crippen LogP contribution in [0.1, 0.15) is 49.4 Å². The van der Waals surface area contributed by atoms with Crippen LogP contribution in [0.5, 0.6) is 5.75 Å². The summed E-state index contributed by atoms with van der Waals surface area (Å²) in [5, 5.41) is 5.47. The topological polar surface area (TPSA) is 134 Å². The Bertz CT molecular complexity index is 1010. The number of halogens is 1. The number of ether oxygens (including phenoxy) is 1. The molecular formula is C21H30FN5O5S. The van der Waals surface area contributed by atoms with E-state index in [1.807, 2.05) is 6.92 Å². The van der Waals surface area contributed by atoms with Crippen LogP contribution in [0, 0.1) is 0 Å². The first-order chi connectivity index (χ1) is 15.7. The van der Waals surface area contributed by atoms with Crippen LogP contribution in [0.25, 0.3) is 0 Å². The second kappa shape index (κ2) is 9.53. The Labute approximate surface area is 192 Å². The molecule has 2 saturated heterocycles. The molecule has 2 amide bonds. The van der Waals surface area contributed by atoms with E-state index in [-0.39, 0.29) is 38.1 Å². The Balaban J connectivity index is 1.44. The summed E-state index contributed by atoms with van der Waals surface area (Å²) in [4.78, 5) is 24.3. The zero-order valence-corrected chi connectivity index (χ0v) is 19.3. The van der Waals surface area contributed by atoms with E-state index in [4.69, 9.17) is 10.5 Å². The minimum atomic E-state index is -3.97. The summed E-state index contributed by atoms with van der Waals surface area (Å²) in [6, 6.07) is 3.53. The van der Waals surface area contributed by atoms with Crippen LogP contribution < -0.4 is 21.1 Å². The highest BCUT2D eigenvalue weighted by molar-refractivity contribution is 7.86. The second-order valence-electron chi connectivity index (χ2n) is 8.76. The maximum atomic E-state index is 15.3. The number of amides is 2. The van der Waals surface area contributed by atoms with E-state index in [9.17, 15) is 18.0 Å². The number of rotatable bonds is 5. The van der Waals surface area contributed by atoms with E-state index in [2.05, 4.69) is 10.6 Å². The van der Waals surface area contributed by atoms with Gasteiger partial charge < -0.3 is 21.1 Å². The summed E-state index contributed by atoms with van der Waals surface area (Å²) >= 11 is 0. The van der Waals surface area contributed by atoms with Crippen LogP contribution in [-0.4, -0.2) is 73.0 Å². The minimum Gasteiger partial charge on any atom is -0.482 e. The second-order valence-corrected chi connectivity index (χ2v) is 10.6. The van der Waals surface area contributed by atoms with Gasteiger partial charge in [0.25, 0.3) is 22.0 Å². The monoisotopic (exact) mass is 483 g/mol. The Morgan fingerprint density at radius 2 is 2.03 bits per heavy atom. The Hall–Kier alpha value is -2.28. The maximum absolute atomic E-state index is 15.3. The first-order valence-corrected chi connectivity index (χ1v) is 12.6. The third kappa shape index (κ3) is 4.98. The number of carbonyl (C=O) groups excluding carboxylic acids is 2. The summed E-state index contributed by atoms with van der Waals surface area (Å²) in [6.45, 7) is 2.28. The molecule has 3 aliphatic heterocycles. The van der Waals surface area contributed by atoms with Crippen molar-refractivity contribution in [3.63, 3.8) is 0 Å². The van der Waals surface area contributed by atoms with E-state index < -0.39 is 34.5 Å². The first kappa shape index (κ1) is 23.9.